The van der Waals surface area contributed by atoms with E-state index in [1.807, 2.05) is 7.05 Å². The van der Waals surface area contributed by atoms with E-state index < -0.39 is 0 Å². The van der Waals surface area contributed by atoms with Crippen LogP contribution in [0.2, 0.25) is 0 Å². The Labute approximate surface area is 173 Å². The number of guanidine groups is 1. The zero-order chi connectivity index (χ0) is 17.9. The highest BCUT2D eigenvalue weighted by Crippen LogP contribution is 2.10. The molecule has 1 aromatic carbocycles. The summed E-state index contributed by atoms with van der Waals surface area (Å²) in [4.78, 5) is 6.71. The summed E-state index contributed by atoms with van der Waals surface area (Å²) in [5.41, 5.74) is 1.05. The molecule has 0 aliphatic carbocycles. The molecular weight excluding hydrogens is 448 g/mol. The Morgan fingerprint density at radius 1 is 1.31 bits per heavy atom. The van der Waals surface area contributed by atoms with E-state index in [1.165, 1.54) is 12.1 Å². The van der Waals surface area contributed by atoms with Crippen LogP contribution in [0.15, 0.2) is 29.3 Å². The molecule has 0 spiro atoms. The standard InChI is InChI=1S/C19H30FN3O2.HI/c1-3-21-19(23(2)15-16-5-7-17(20)8-6-16)22-11-4-12-25-18-9-13-24-14-10-18;/h5-8,18H,3-4,9-15H2,1-2H3,(H,21,22);1H. The first-order valence-electron chi connectivity index (χ1n) is 9.12. The van der Waals surface area contributed by atoms with Crippen LogP contribution in [0.25, 0.3) is 0 Å². The van der Waals surface area contributed by atoms with E-state index in [9.17, 15) is 4.39 Å². The van der Waals surface area contributed by atoms with E-state index in [0.717, 1.165) is 63.7 Å². The lowest BCUT2D eigenvalue weighted by molar-refractivity contribution is -0.0318. The van der Waals surface area contributed by atoms with Gasteiger partial charge >= 0.3 is 0 Å². The van der Waals surface area contributed by atoms with E-state index in [0.29, 0.717) is 12.6 Å². The topological polar surface area (TPSA) is 46.1 Å². The number of rotatable bonds is 8. The number of hydrogen-bond donors (Lipinski definition) is 1. The lowest BCUT2D eigenvalue weighted by Crippen LogP contribution is -2.38. The maximum Gasteiger partial charge on any atom is 0.193 e. The van der Waals surface area contributed by atoms with Crippen LogP contribution in [0, 0.1) is 5.82 Å². The first-order valence-corrected chi connectivity index (χ1v) is 9.12. The highest BCUT2D eigenvalue weighted by atomic mass is 127. The predicted octanol–water partition coefficient (Wildman–Crippen LogP) is 3.43. The predicted molar refractivity (Wildman–Crippen MR) is 114 cm³/mol. The van der Waals surface area contributed by atoms with E-state index in [1.54, 1.807) is 12.1 Å². The van der Waals surface area contributed by atoms with Gasteiger partial charge in [0.2, 0.25) is 0 Å². The molecule has 5 nitrogen and oxygen atoms in total. The fourth-order valence-electron chi connectivity index (χ4n) is 2.75. The molecule has 1 aromatic rings. The molecule has 0 bridgehead atoms. The molecule has 0 amide bonds. The van der Waals surface area contributed by atoms with Crippen LogP contribution in [0.5, 0.6) is 0 Å². The van der Waals surface area contributed by atoms with Gasteiger partial charge in [-0.15, -0.1) is 24.0 Å². The van der Waals surface area contributed by atoms with Gasteiger partial charge in [-0.3, -0.25) is 4.99 Å². The van der Waals surface area contributed by atoms with Gasteiger partial charge in [0.25, 0.3) is 0 Å². The van der Waals surface area contributed by atoms with Crippen LogP contribution in [-0.4, -0.2) is 56.9 Å². The van der Waals surface area contributed by atoms with E-state index in [4.69, 9.17) is 9.47 Å². The summed E-state index contributed by atoms with van der Waals surface area (Å²) in [6, 6.07) is 6.58. The summed E-state index contributed by atoms with van der Waals surface area (Å²) >= 11 is 0. The summed E-state index contributed by atoms with van der Waals surface area (Å²) in [5, 5.41) is 3.30. The minimum atomic E-state index is -0.212. The van der Waals surface area contributed by atoms with Gasteiger partial charge in [0, 0.05) is 46.5 Å². The monoisotopic (exact) mass is 479 g/mol. The Kier molecular flexibility index (Phi) is 11.8. The number of nitrogens with zero attached hydrogens (tertiary/aromatic N) is 2. The second kappa shape index (κ2) is 13.3. The third-order valence-electron chi connectivity index (χ3n) is 4.12. The van der Waals surface area contributed by atoms with Crippen LogP contribution < -0.4 is 5.32 Å². The van der Waals surface area contributed by atoms with Crippen molar-refractivity contribution in [3.8, 4) is 0 Å². The van der Waals surface area contributed by atoms with Crippen LogP contribution >= 0.6 is 24.0 Å². The van der Waals surface area contributed by atoms with Gasteiger partial charge in [-0.2, -0.15) is 0 Å². The molecule has 1 aliphatic heterocycles. The van der Waals surface area contributed by atoms with Crippen molar-refractivity contribution in [2.24, 2.45) is 4.99 Å². The van der Waals surface area contributed by atoms with Gasteiger partial charge in [-0.1, -0.05) is 12.1 Å². The minimum Gasteiger partial charge on any atom is -0.381 e. The van der Waals surface area contributed by atoms with E-state index >= 15 is 0 Å². The smallest absolute Gasteiger partial charge is 0.193 e. The fourth-order valence-corrected chi connectivity index (χ4v) is 2.75. The highest BCUT2D eigenvalue weighted by Gasteiger charge is 2.13. The molecule has 0 saturated carbocycles. The summed E-state index contributed by atoms with van der Waals surface area (Å²) in [6.45, 7) is 6.61. The van der Waals surface area contributed by atoms with Crippen LogP contribution in [0.1, 0.15) is 31.7 Å². The molecule has 1 aliphatic rings. The maximum absolute atomic E-state index is 13.0. The first-order chi connectivity index (χ1) is 12.2. The van der Waals surface area contributed by atoms with Crippen molar-refractivity contribution in [1.82, 2.24) is 10.2 Å². The number of aliphatic imine (C=N–C) groups is 1. The van der Waals surface area contributed by atoms with Gasteiger partial charge in [-0.05, 0) is 43.9 Å². The SMILES string of the molecule is CCNC(=NCCCOC1CCOCC1)N(C)Cc1ccc(F)cc1.I. The van der Waals surface area contributed by atoms with Crippen molar-refractivity contribution in [1.29, 1.82) is 0 Å². The molecule has 1 N–H and O–H groups in total. The second-order valence-electron chi connectivity index (χ2n) is 6.25. The molecule has 148 valence electrons. The summed E-state index contributed by atoms with van der Waals surface area (Å²) in [5.74, 6) is 0.648. The van der Waals surface area contributed by atoms with Gasteiger partial charge in [0.1, 0.15) is 5.82 Å². The third kappa shape index (κ3) is 8.64. The van der Waals surface area contributed by atoms with Gasteiger partial charge in [-0.25, -0.2) is 4.39 Å². The molecule has 1 fully saturated rings. The fraction of sp³-hybridized carbons (Fsp3) is 0.632. The van der Waals surface area contributed by atoms with Crippen molar-refractivity contribution in [3.05, 3.63) is 35.6 Å². The lowest BCUT2D eigenvalue weighted by atomic mass is 10.1. The van der Waals surface area contributed by atoms with Gasteiger partial charge in [0.15, 0.2) is 5.96 Å². The number of benzene rings is 1. The van der Waals surface area contributed by atoms with Gasteiger partial charge in [0.05, 0.1) is 6.10 Å². The summed E-state index contributed by atoms with van der Waals surface area (Å²) < 4.78 is 24.2. The average molecular weight is 479 g/mol. The minimum absolute atomic E-state index is 0. The maximum atomic E-state index is 13.0. The van der Waals surface area contributed by atoms with E-state index in [2.05, 4.69) is 22.1 Å². The first kappa shape index (κ1) is 23.1. The quantitative estimate of drug-likeness (QED) is 0.269. The molecule has 1 saturated heterocycles. The second-order valence-corrected chi connectivity index (χ2v) is 6.25. The average Bonchev–Trinajstić information content (AvgIpc) is 2.63. The number of nitrogens with one attached hydrogen (secondary N) is 1. The largest absolute Gasteiger partial charge is 0.381 e. The van der Waals surface area contributed by atoms with Crippen molar-refractivity contribution in [2.75, 3.05) is 40.0 Å². The Hall–Kier alpha value is -0.930. The van der Waals surface area contributed by atoms with Crippen molar-refractivity contribution < 1.29 is 13.9 Å². The lowest BCUT2D eigenvalue weighted by Gasteiger charge is -2.23. The molecule has 26 heavy (non-hydrogen) atoms. The van der Waals surface area contributed by atoms with Crippen LogP contribution in [0.4, 0.5) is 4.39 Å². The zero-order valence-electron chi connectivity index (χ0n) is 15.7. The summed E-state index contributed by atoms with van der Waals surface area (Å²) in [7, 11) is 1.99. The Balaban J connectivity index is 0.00000338. The highest BCUT2D eigenvalue weighted by molar-refractivity contribution is 14.0. The Morgan fingerprint density at radius 2 is 2.00 bits per heavy atom. The Bertz CT molecular complexity index is 522. The van der Waals surface area contributed by atoms with Crippen LogP contribution in [0.3, 0.4) is 0 Å². The zero-order valence-corrected chi connectivity index (χ0v) is 18.1. The molecule has 0 unspecified atom stereocenters. The normalized spacial score (nSPS) is 15.4. The van der Waals surface area contributed by atoms with Crippen molar-refractivity contribution in [3.63, 3.8) is 0 Å². The number of ether oxygens (including phenoxy) is 2. The molecular formula is C19H31FIN3O2. The molecule has 0 atom stereocenters. The third-order valence-corrected chi connectivity index (χ3v) is 4.12. The molecule has 2 rings (SSSR count). The van der Waals surface area contributed by atoms with E-state index in [-0.39, 0.29) is 29.8 Å². The number of hydrogen-bond acceptors (Lipinski definition) is 3. The number of halogens is 2. The molecule has 0 aromatic heterocycles. The summed E-state index contributed by atoms with van der Waals surface area (Å²) in [6.07, 6.45) is 3.22. The van der Waals surface area contributed by atoms with Crippen LogP contribution in [-0.2, 0) is 16.0 Å². The van der Waals surface area contributed by atoms with Crippen molar-refractivity contribution in [2.45, 2.75) is 38.8 Å². The van der Waals surface area contributed by atoms with Crippen molar-refractivity contribution >= 4 is 29.9 Å². The molecule has 1 heterocycles. The molecule has 0 radical (unpaired) electrons. The molecule has 7 heteroatoms. The Morgan fingerprint density at radius 3 is 2.65 bits per heavy atom. The van der Waals surface area contributed by atoms with Gasteiger partial charge < -0.3 is 19.7 Å².